The van der Waals surface area contributed by atoms with E-state index in [1.54, 1.807) is 18.2 Å². The van der Waals surface area contributed by atoms with Crippen molar-refractivity contribution in [2.45, 2.75) is 12.8 Å². The lowest BCUT2D eigenvalue weighted by Gasteiger charge is -2.09. The first-order valence-electron chi connectivity index (χ1n) is 8.33. The minimum absolute atomic E-state index is 0.0757. The molecule has 5 nitrogen and oxygen atoms in total. The van der Waals surface area contributed by atoms with Gasteiger partial charge in [-0.25, -0.2) is 9.78 Å². The molecule has 29 heavy (non-hydrogen) atoms. The number of nitrogens with zero attached hydrogens (tertiary/aromatic N) is 1. The van der Waals surface area contributed by atoms with Crippen molar-refractivity contribution >= 4 is 17.3 Å². The highest BCUT2D eigenvalue weighted by atomic mass is 32.1. The maximum atomic E-state index is 12.8. The van der Waals surface area contributed by atoms with Crippen LogP contribution in [0.2, 0.25) is 0 Å². The van der Waals surface area contributed by atoms with Gasteiger partial charge >= 0.3 is 12.1 Å². The molecule has 0 spiro atoms. The number of aromatic nitrogens is 1. The zero-order chi connectivity index (χ0) is 21.0. The lowest BCUT2D eigenvalue weighted by atomic mass is 10.1. The average Bonchev–Trinajstić information content (AvgIpc) is 3.21. The molecule has 0 fully saturated rings. The number of carbonyl (C=O) groups excluding carboxylic acids is 1. The maximum Gasteiger partial charge on any atom is 0.416 e. The smallest absolute Gasteiger partial charge is 0.416 e. The van der Waals surface area contributed by atoms with Gasteiger partial charge in [0.1, 0.15) is 11.6 Å². The van der Waals surface area contributed by atoms with E-state index in [0.29, 0.717) is 16.5 Å². The van der Waals surface area contributed by atoms with E-state index in [1.165, 1.54) is 43.1 Å². The quantitative estimate of drug-likeness (QED) is 0.510. The Bertz CT molecular complexity index is 1020. The molecule has 0 atom stereocenters. The summed E-state index contributed by atoms with van der Waals surface area (Å²) in [6.45, 7) is -0.286. The van der Waals surface area contributed by atoms with Crippen molar-refractivity contribution < 1.29 is 32.2 Å². The van der Waals surface area contributed by atoms with Crippen LogP contribution in [0.15, 0.2) is 47.8 Å². The number of thiazole rings is 1. The SMILES string of the molecule is COc1ccc(-c2nc(C(=O)OCc3cccc(C(F)(F)F)c3)cs2)cc1OC. The van der Waals surface area contributed by atoms with Crippen LogP contribution < -0.4 is 9.47 Å². The van der Waals surface area contributed by atoms with Gasteiger partial charge in [-0.15, -0.1) is 11.3 Å². The van der Waals surface area contributed by atoms with Crippen molar-refractivity contribution in [2.75, 3.05) is 14.2 Å². The van der Waals surface area contributed by atoms with Crippen LogP contribution in [0.5, 0.6) is 11.5 Å². The Kier molecular flexibility index (Phi) is 6.07. The van der Waals surface area contributed by atoms with Gasteiger partial charge in [0.25, 0.3) is 0 Å². The van der Waals surface area contributed by atoms with Gasteiger partial charge in [0.05, 0.1) is 19.8 Å². The third-order valence-electron chi connectivity index (χ3n) is 3.97. The molecule has 0 aliphatic carbocycles. The number of esters is 1. The summed E-state index contributed by atoms with van der Waals surface area (Å²) in [5.74, 6) is 0.368. The zero-order valence-electron chi connectivity index (χ0n) is 15.4. The van der Waals surface area contributed by atoms with Crippen LogP contribution in [0.4, 0.5) is 13.2 Å². The lowest BCUT2D eigenvalue weighted by Crippen LogP contribution is -2.08. The Morgan fingerprint density at radius 3 is 2.52 bits per heavy atom. The number of halogens is 3. The summed E-state index contributed by atoms with van der Waals surface area (Å²) in [4.78, 5) is 16.5. The Hall–Kier alpha value is -3.07. The zero-order valence-corrected chi connectivity index (χ0v) is 16.3. The van der Waals surface area contributed by atoms with E-state index < -0.39 is 17.7 Å². The summed E-state index contributed by atoms with van der Waals surface area (Å²) in [7, 11) is 3.04. The van der Waals surface area contributed by atoms with Crippen molar-refractivity contribution in [1.29, 1.82) is 0 Å². The van der Waals surface area contributed by atoms with Gasteiger partial charge in [0, 0.05) is 10.9 Å². The standard InChI is InChI=1S/C20H16F3NO4S/c1-26-16-7-6-13(9-17(16)27-2)18-24-15(11-29-18)19(25)28-10-12-4-3-5-14(8-12)20(21,22)23/h3-9,11H,10H2,1-2H3. The van der Waals surface area contributed by atoms with Gasteiger partial charge in [-0.1, -0.05) is 12.1 Å². The highest BCUT2D eigenvalue weighted by molar-refractivity contribution is 7.13. The number of methoxy groups -OCH3 is 2. The highest BCUT2D eigenvalue weighted by Crippen LogP contribution is 2.34. The summed E-state index contributed by atoms with van der Waals surface area (Å²) >= 11 is 1.23. The van der Waals surface area contributed by atoms with E-state index in [0.717, 1.165) is 17.7 Å². The molecule has 0 unspecified atom stereocenters. The van der Waals surface area contributed by atoms with Crippen molar-refractivity contribution in [3.05, 3.63) is 64.7 Å². The number of alkyl halides is 3. The second-order valence-corrected chi connectivity index (χ2v) is 6.74. The van der Waals surface area contributed by atoms with Gasteiger partial charge in [-0.05, 0) is 35.9 Å². The molecule has 0 radical (unpaired) electrons. The molecule has 3 aromatic rings. The summed E-state index contributed by atoms with van der Waals surface area (Å²) in [6.07, 6.45) is -4.46. The molecule has 152 valence electrons. The number of carbonyl (C=O) groups is 1. The molecular weight excluding hydrogens is 407 g/mol. The van der Waals surface area contributed by atoms with Crippen molar-refractivity contribution in [1.82, 2.24) is 4.98 Å². The molecule has 1 heterocycles. The normalized spacial score (nSPS) is 11.2. The fraction of sp³-hybridized carbons (Fsp3) is 0.200. The summed E-state index contributed by atoms with van der Waals surface area (Å²) < 4.78 is 53.8. The summed E-state index contributed by atoms with van der Waals surface area (Å²) in [6, 6.07) is 9.86. The van der Waals surface area contributed by atoms with E-state index in [2.05, 4.69) is 4.98 Å². The first-order chi connectivity index (χ1) is 13.8. The minimum Gasteiger partial charge on any atom is -0.493 e. The van der Waals surface area contributed by atoms with Gasteiger partial charge in [-0.2, -0.15) is 13.2 Å². The largest absolute Gasteiger partial charge is 0.493 e. The maximum absolute atomic E-state index is 12.8. The van der Waals surface area contributed by atoms with Gasteiger partial charge in [0.15, 0.2) is 17.2 Å². The van der Waals surface area contributed by atoms with Crippen molar-refractivity contribution in [3.8, 4) is 22.1 Å². The fourth-order valence-corrected chi connectivity index (χ4v) is 3.32. The number of ether oxygens (including phenoxy) is 3. The first kappa shape index (κ1) is 20.7. The number of rotatable bonds is 6. The van der Waals surface area contributed by atoms with Crippen LogP contribution in [0.25, 0.3) is 10.6 Å². The van der Waals surface area contributed by atoms with E-state index in [1.807, 2.05) is 0 Å². The molecule has 0 aliphatic heterocycles. The molecule has 0 N–H and O–H groups in total. The topological polar surface area (TPSA) is 57.7 Å². The van der Waals surface area contributed by atoms with Crippen LogP contribution in [0, 0.1) is 0 Å². The number of hydrogen-bond donors (Lipinski definition) is 0. The molecule has 0 bridgehead atoms. The van der Waals surface area contributed by atoms with E-state index in [9.17, 15) is 18.0 Å². The molecule has 0 saturated heterocycles. The van der Waals surface area contributed by atoms with Gasteiger partial charge < -0.3 is 14.2 Å². The summed E-state index contributed by atoms with van der Waals surface area (Å²) in [5.41, 5.74) is 0.246. The first-order valence-corrected chi connectivity index (χ1v) is 9.21. The predicted molar refractivity (Wildman–Crippen MR) is 101 cm³/mol. The molecular formula is C20H16F3NO4S. The Balaban J connectivity index is 1.70. The predicted octanol–water partition coefficient (Wildman–Crippen LogP) is 5.20. The molecule has 3 rings (SSSR count). The Morgan fingerprint density at radius 2 is 1.83 bits per heavy atom. The van der Waals surface area contributed by atoms with Crippen molar-refractivity contribution in [2.24, 2.45) is 0 Å². The van der Waals surface area contributed by atoms with E-state index in [4.69, 9.17) is 14.2 Å². The second-order valence-electron chi connectivity index (χ2n) is 5.88. The minimum atomic E-state index is -4.46. The third-order valence-corrected chi connectivity index (χ3v) is 4.86. The fourth-order valence-electron chi connectivity index (χ4n) is 2.53. The third kappa shape index (κ3) is 4.86. The summed E-state index contributed by atoms with van der Waals surface area (Å²) in [5, 5.41) is 2.09. The van der Waals surface area contributed by atoms with Crippen LogP contribution in [-0.4, -0.2) is 25.2 Å². The van der Waals surface area contributed by atoms with Gasteiger partial charge in [0.2, 0.25) is 0 Å². The second kappa shape index (κ2) is 8.52. The van der Waals surface area contributed by atoms with Crippen LogP contribution in [0.3, 0.4) is 0 Å². The molecule has 9 heteroatoms. The Morgan fingerprint density at radius 1 is 1.07 bits per heavy atom. The molecule has 0 amide bonds. The Labute approximate surface area is 168 Å². The van der Waals surface area contributed by atoms with Crippen LogP contribution in [-0.2, 0) is 17.5 Å². The highest BCUT2D eigenvalue weighted by Gasteiger charge is 2.30. The van der Waals surface area contributed by atoms with E-state index >= 15 is 0 Å². The molecule has 1 aromatic heterocycles. The average molecular weight is 423 g/mol. The van der Waals surface area contributed by atoms with E-state index in [-0.39, 0.29) is 17.9 Å². The monoisotopic (exact) mass is 423 g/mol. The lowest BCUT2D eigenvalue weighted by molar-refractivity contribution is -0.137. The number of benzene rings is 2. The van der Waals surface area contributed by atoms with Crippen molar-refractivity contribution in [3.63, 3.8) is 0 Å². The van der Waals surface area contributed by atoms with Gasteiger partial charge in [-0.3, -0.25) is 0 Å². The molecule has 0 saturated carbocycles. The van der Waals surface area contributed by atoms with Crippen LogP contribution in [0.1, 0.15) is 21.6 Å². The molecule has 2 aromatic carbocycles. The van der Waals surface area contributed by atoms with Crippen LogP contribution >= 0.6 is 11.3 Å². The number of hydrogen-bond acceptors (Lipinski definition) is 6. The molecule has 0 aliphatic rings.